The molecule has 0 saturated carbocycles. The van der Waals surface area contributed by atoms with Gasteiger partial charge >= 0.3 is 0 Å². The van der Waals surface area contributed by atoms with Crippen LogP contribution in [0.5, 0.6) is 0 Å². The van der Waals surface area contributed by atoms with Crippen molar-refractivity contribution < 1.29 is 9.64 Å². The lowest BCUT2D eigenvalue weighted by molar-refractivity contribution is -0.899. The number of nitrogens with one attached hydrogen (secondary N) is 1. The first-order valence-electron chi connectivity index (χ1n) is 9.40. The highest BCUT2D eigenvalue weighted by Crippen LogP contribution is 2.34. The van der Waals surface area contributed by atoms with Gasteiger partial charge in [0.1, 0.15) is 12.1 Å². The van der Waals surface area contributed by atoms with E-state index in [-0.39, 0.29) is 11.2 Å². The van der Waals surface area contributed by atoms with Crippen molar-refractivity contribution >= 4 is 0 Å². The van der Waals surface area contributed by atoms with E-state index in [9.17, 15) is 0 Å². The summed E-state index contributed by atoms with van der Waals surface area (Å²) in [6.45, 7) is 9.85. The third-order valence-electron chi connectivity index (χ3n) is 5.40. The van der Waals surface area contributed by atoms with Gasteiger partial charge in [0, 0.05) is 18.3 Å². The Bertz CT molecular complexity index is 601. The molecule has 1 N–H and O–H groups in total. The maximum absolute atomic E-state index is 6.25. The van der Waals surface area contributed by atoms with Gasteiger partial charge in [-0.1, -0.05) is 12.0 Å². The Labute approximate surface area is 146 Å². The molecule has 24 heavy (non-hydrogen) atoms. The molecule has 0 amide bonds. The van der Waals surface area contributed by atoms with Crippen LogP contribution in [-0.4, -0.2) is 35.8 Å². The number of hydrogen-bond donors (Lipinski definition) is 1. The van der Waals surface area contributed by atoms with Crippen LogP contribution in [0.2, 0.25) is 0 Å². The highest BCUT2D eigenvalue weighted by atomic mass is 16.5. The first-order chi connectivity index (χ1) is 11.5. The Morgan fingerprint density at radius 3 is 2.92 bits per heavy atom. The molecule has 3 nitrogen and oxygen atoms in total. The van der Waals surface area contributed by atoms with Gasteiger partial charge in [0.2, 0.25) is 0 Å². The summed E-state index contributed by atoms with van der Waals surface area (Å²) in [6, 6.07) is 4.26. The predicted molar refractivity (Wildman–Crippen MR) is 97.0 cm³/mol. The second-order valence-electron chi connectivity index (χ2n) is 8.25. The molecule has 2 saturated heterocycles. The van der Waals surface area contributed by atoms with Crippen LogP contribution in [0.4, 0.5) is 0 Å². The lowest BCUT2D eigenvalue weighted by Gasteiger charge is -2.40. The number of piperidine rings is 1. The lowest BCUT2D eigenvalue weighted by Crippen LogP contribution is -3.13. The summed E-state index contributed by atoms with van der Waals surface area (Å²) in [7, 11) is 0. The van der Waals surface area contributed by atoms with E-state index < -0.39 is 0 Å². The number of rotatable bonds is 2. The minimum atomic E-state index is -0.264. The minimum Gasteiger partial charge on any atom is -0.357 e. The second kappa shape index (κ2) is 7.25. The van der Waals surface area contributed by atoms with Gasteiger partial charge in [-0.3, -0.25) is 4.98 Å². The topological polar surface area (TPSA) is 26.6 Å². The molecule has 1 aromatic rings. The molecule has 2 aliphatic heterocycles. The molecule has 0 spiro atoms. The fraction of sp³-hybridized carbons (Fsp3) is 0.667. The van der Waals surface area contributed by atoms with Crippen LogP contribution in [0.15, 0.2) is 24.5 Å². The first kappa shape index (κ1) is 17.5. The summed E-state index contributed by atoms with van der Waals surface area (Å²) >= 11 is 0. The molecule has 3 atom stereocenters. The van der Waals surface area contributed by atoms with E-state index in [1.165, 1.54) is 37.9 Å². The van der Waals surface area contributed by atoms with Crippen molar-refractivity contribution in [2.24, 2.45) is 0 Å². The largest absolute Gasteiger partial charge is 0.357 e. The van der Waals surface area contributed by atoms with Crippen molar-refractivity contribution in [3.63, 3.8) is 0 Å². The summed E-state index contributed by atoms with van der Waals surface area (Å²) in [4.78, 5) is 5.88. The fourth-order valence-corrected chi connectivity index (χ4v) is 4.22. The van der Waals surface area contributed by atoms with E-state index in [0.717, 1.165) is 19.4 Å². The molecule has 3 rings (SSSR count). The van der Waals surface area contributed by atoms with E-state index in [2.05, 4.69) is 43.7 Å². The average Bonchev–Trinajstić information content (AvgIpc) is 2.55. The Morgan fingerprint density at radius 2 is 2.17 bits per heavy atom. The molecule has 1 aromatic heterocycles. The second-order valence-corrected chi connectivity index (χ2v) is 8.25. The number of pyridine rings is 1. The fourth-order valence-electron chi connectivity index (χ4n) is 4.22. The van der Waals surface area contributed by atoms with Gasteiger partial charge in [0.25, 0.3) is 0 Å². The van der Waals surface area contributed by atoms with Crippen molar-refractivity contribution in [3.8, 4) is 11.8 Å². The third kappa shape index (κ3) is 4.59. The third-order valence-corrected chi connectivity index (χ3v) is 5.40. The Morgan fingerprint density at radius 1 is 1.29 bits per heavy atom. The molecule has 0 aliphatic carbocycles. The average molecular weight is 327 g/mol. The van der Waals surface area contributed by atoms with Crippen molar-refractivity contribution in [2.45, 2.75) is 70.0 Å². The molecule has 0 bridgehead atoms. The molecule has 2 aliphatic rings. The van der Waals surface area contributed by atoms with Crippen molar-refractivity contribution in [1.29, 1.82) is 0 Å². The zero-order valence-electron chi connectivity index (χ0n) is 15.4. The van der Waals surface area contributed by atoms with Crippen molar-refractivity contribution in [1.82, 2.24) is 4.98 Å². The van der Waals surface area contributed by atoms with Gasteiger partial charge in [-0.2, -0.15) is 0 Å². The molecule has 1 unspecified atom stereocenters. The molecule has 0 aromatic carbocycles. The van der Waals surface area contributed by atoms with Crippen molar-refractivity contribution in [2.75, 3.05) is 19.6 Å². The highest BCUT2D eigenvalue weighted by molar-refractivity contribution is 5.16. The van der Waals surface area contributed by atoms with Crippen LogP contribution in [0.1, 0.15) is 64.4 Å². The van der Waals surface area contributed by atoms with E-state index >= 15 is 0 Å². The summed E-state index contributed by atoms with van der Waals surface area (Å²) < 4.78 is 6.25. The summed E-state index contributed by atoms with van der Waals surface area (Å²) in [6.07, 6.45) is 9.82. The van der Waals surface area contributed by atoms with Crippen LogP contribution in [0, 0.1) is 11.8 Å². The van der Waals surface area contributed by atoms with Crippen molar-refractivity contribution in [3.05, 3.63) is 30.1 Å². The summed E-state index contributed by atoms with van der Waals surface area (Å²) in [5.74, 6) is 7.53. The van der Waals surface area contributed by atoms with Gasteiger partial charge in [-0.05, 0) is 70.4 Å². The van der Waals surface area contributed by atoms with Crippen LogP contribution in [-0.2, 0) is 4.74 Å². The number of aromatic nitrogens is 1. The number of ether oxygens (including phenoxy) is 1. The molecule has 2 fully saturated rings. The molecular formula is C21H31N2O+. The Balaban J connectivity index is 1.57. The first-order valence-corrected chi connectivity index (χ1v) is 9.40. The maximum atomic E-state index is 6.25. The Kier molecular flexibility index (Phi) is 5.27. The molecule has 3 heteroatoms. The number of nitrogens with zero attached hydrogens (tertiary/aromatic N) is 1. The molecule has 130 valence electrons. The van der Waals surface area contributed by atoms with Crippen LogP contribution in [0.3, 0.4) is 0 Å². The lowest BCUT2D eigenvalue weighted by atomic mass is 9.88. The van der Waals surface area contributed by atoms with Crippen LogP contribution >= 0.6 is 0 Å². The number of likely N-dealkylation sites (tertiary alicyclic amines) is 1. The zero-order chi connectivity index (χ0) is 17.0. The van der Waals surface area contributed by atoms with E-state index in [0.29, 0.717) is 5.92 Å². The van der Waals surface area contributed by atoms with Gasteiger partial charge in [-0.25, -0.2) is 0 Å². The van der Waals surface area contributed by atoms with Gasteiger partial charge in [0.05, 0.1) is 18.7 Å². The van der Waals surface area contributed by atoms with Crippen LogP contribution in [0.25, 0.3) is 0 Å². The quantitative estimate of drug-likeness (QED) is 0.845. The summed E-state index contributed by atoms with van der Waals surface area (Å²) in [5.41, 5.74) is 1.08. The number of hydrogen-bond acceptors (Lipinski definition) is 2. The highest BCUT2D eigenvalue weighted by Gasteiger charge is 2.36. The molecule has 0 radical (unpaired) electrons. The van der Waals surface area contributed by atoms with Gasteiger partial charge in [-0.15, -0.1) is 0 Å². The summed E-state index contributed by atoms with van der Waals surface area (Å²) in [5, 5.41) is 0. The number of quaternary nitrogens is 1. The zero-order valence-corrected chi connectivity index (χ0v) is 15.4. The standard InChI is InChI=1S/C21H30N2O/c1-20(2)10-6-11-21(3,24-20)12-7-15-23-14-5-9-19(17-23)18-8-4-13-22-16-18/h4,8,13,16,19H,5-6,9-11,14-15,17H2,1-3H3/p+1/t19-,21-/m0/s1. The molecular weight excluding hydrogens is 296 g/mol. The normalized spacial score (nSPS) is 32.6. The Hall–Kier alpha value is -1.37. The van der Waals surface area contributed by atoms with E-state index in [4.69, 9.17) is 4.74 Å². The smallest absolute Gasteiger partial charge is 0.139 e. The van der Waals surface area contributed by atoms with E-state index in [1.54, 1.807) is 4.90 Å². The maximum Gasteiger partial charge on any atom is 0.139 e. The molecule has 3 heterocycles. The van der Waals surface area contributed by atoms with Crippen LogP contribution < -0.4 is 4.90 Å². The van der Waals surface area contributed by atoms with Gasteiger partial charge < -0.3 is 9.64 Å². The SMILES string of the molecule is CC1(C)CCC[C@@](C)(C#CC[NH+]2CCC[C@H](c3cccnc3)C2)O1. The monoisotopic (exact) mass is 327 g/mol. The van der Waals surface area contributed by atoms with E-state index in [1.807, 2.05) is 18.5 Å². The predicted octanol–water partition coefficient (Wildman–Crippen LogP) is 2.59. The van der Waals surface area contributed by atoms with Gasteiger partial charge in [0.15, 0.2) is 0 Å². The minimum absolute atomic E-state index is 0.0366.